The van der Waals surface area contributed by atoms with Gasteiger partial charge in [-0.25, -0.2) is 0 Å². The van der Waals surface area contributed by atoms with Crippen LogP contribution in [0.1, 0.15) is 19.8 Å². The Hall–Kier alpha value is -0.830. The second-order valence-corrected chi connectivity index (χ2v) is 2.16. The predicted octanol–water partition coefficient (Wildman–Crippen LogP) is 0.755. The van der Waals surface area contributed by atoms with Crippen molar-refractivity contribution < 1.29 is 9.90 Å². The van der Waals surface area contributed by atoms with Crippen molar-refractivity contribution in [2.75, 3.05) is 0 Å². The summed E-state index contributed by atoms with van der Waals surface area (Å²) >= 11 is 0. The smallest absolute Gasteiger partial charge is 0.304 e. The van der Waals surface area contributed by atoms with Crippen LogP contribution in [-0.4, -0.2) is 17.1 Å². The van der Waals surface area contributed by atoms with Gasteiger partial charge in [0.25, 0.3) is 0 Å². The van der Waals surface area contributed by atoms with E-state index in [9.17, 15) is 4.79 Å². The summed E-state index contributed by atoms with van der Waals surface area (Å²) < 4.78 is 0. The number of rotatable bonds is 4. The average Bonchev–Trinajstić information content (AvgIpc) is 1.82. The summed E-state index contributed by atoms with van der Waals surface area (Å²) in [5.74, 6) is -0.836. The van der Waals surface area contributed by atoms with Crippen LogP contribution in [0.4, 0.5) is 0 Å². The normalized spacial score (nSPS) is 13.8. The number of allylic oxidation sites excluding steroid dienone is 1. The molecule has 1 atom stereocenters. The van der Waals surface area contributed by atoms with Gasteiger partial charge < -0.3 is 10.8 Å². The van der Waals surface area contributed by atoms with Crippen molar-refractivity contribution in [2.45, 2.75) is 25.8 Å². The van der Waals surface area contributed by atoms with Crippen molar-refractivity contribution in [1.29, 1.82) is 0 Å². The Kier molecular flexibility index (Phi) is 4.58. The van der Waals surface area contributed by atoms with Crippen molar-refractivity contribution in [1.82, 2.24) is 0 Å². The lowest BCUT2D eigenvalue weighted by molar-refractivity contribution is -0.137. The zero-order valence-corrected chi connectivity index (χ0v) is 6.08. The molecule has 0 aliphatic carbocycles. The molecular formula is C7H13NO2. The zero-order chi connectivity index (χ0) is 7.98. The maximum Gasteiger partial charge on any atom is 0.304 e. The second-order valence-electron chi connectivity index (χ2n) is 2.16. The van der Waals surface area contributed by atoms with Crippen molar-refractivity contribution in [3.8, 4) is 0 Å². The Morgan fingerprint density at radius 2 is 2.40 bits per heavy atom. The highest BCUT2D eigenvalue weighted by molar-refractivity contribution is 5.67. The first-order valence-electron chi connectivity index (χ1n) is 3.25. The van der Waals surface area contributed by atoms with E-state index < -0.39 is 5.97 Å². The van der Waals surface area contributed by atoms with Crippen molar-refractivity contribution in [2.24, 2.45) is 5.73 Å². The lowest BCUT2D eigenvalue weighted by Crippen LogP contribution is -2.22. The van der Waals surface area contributed by atoms with Gasteiger partial charge in [-0.2, -0.15) is 0 Å². The summed E-state index contributed by atoms with van der Waals surface area (Å²) in [7, 11) is 0. The monoisotopic (exact) mass is 143 g/mol. The van der Waals surface area contributed by atoms with Crippen LogP contribution >= 0.6 is 0 Å². The van der Waals surface area contributed by atoms with Crippen LogP contribution in [0.3, 0.4) is 0 Å². The van der Waals surface area contributed by atoms with E-state index in [2.05, 4.69) is 0 Å². The van der Waals surface area contributed by atoms with Gasteiger partial charge in [-0.15, -0.1) is 0 Å². The van der Waals surface area contributed by atoms with Crippen molar-refractivity contribution in [3.05, 3.63) is 12.2 Å². The Labute approximate surface area is 60.5 Å². The minimum Gasteiger partial charge on any atom is -0.481 e. The lowest BCUT2D eigenvalue weighted by Gasteiger charge is -2.02. The van der Waals surface area contributed by atoms with E-state index in [1.54, 1.807) is 0 Å². The van der Waals surface area contributed by atoms with E-state index in [0.717, 1.165) is 0 Å². The first-order chi connectivity index (χ1) is 4.66. The lowest BCUT2D eigenvalue weighted by atomic mass is 10.1. The standard InChI is InChI=1S/C7H13NO2/c1-2-3-4-6(8)5-7(9)10/h2-3,6H,4-5,8H2,1H3,(H,9,10). The largest absolute Gasteiger partial charge is 0.481 e. The number of carbonyl (C=O) groups is 1. The molecule has 3 heteroatoms. The van der Waals surface area contributed by atoms with Crippen molar-refractivity contribution in [3.63, 3.8) is 0 Å². The first-order valence-corrected chi connectivity index (χ1v) is 3.25. The Bertz CT molecular complexity index is 132. The number of aliphatic carboxylic acids is 1. The summed E-state index contributed by atoms with van der Waals surface area (Å²) in [4.78, 5) is 10.1. The molecule has 3 nitrogen and oxygen atoms in total. The van der Waals surface area contributed by atoms with E-state index in [-0.39, 0.29) is 12.5 Å². The maximum absolute atomic E-state index is 10.1. The van der Waals surface area contributed by atoms with Crippen LogP contribution in [-0.2, 0) is 4.79 Å². The summed E-state index contributed by atoms with van der Waals surface area (Å²) in [5.41, 5.74) is 5.43. The van der Waals surface area contributed by atoms with Crippen LogP contribution in [0.25, 0.3) is 0 Å². The fraction of sp³-hybridized carbons (Fsp3) is 0.571. The Morgan fingerprint density at radius 3 is 2.80 bits per heavy atom. The molecule has 0 rings (SSSR count). The van der Waals surface area contributed by atoms with Gasteiger partial charge in [-0.3, -0.25) is 4.79 Å². The highest BCUT2D eigenvalue weighted by Gasteiger charge is 2.04. The van der Waals surface area contributed by atoms with Gasteiger partial charge in [0, 0.05) is 6.04 Å². The van der Waals surface area contributed by atoms with E-state index in [1.807, 2.05) is 19.1 Å². The fourth-order valence-corrected chi connectivity index (χ4v) is 0.619. The second kappa shape index (κ2) is 4.99. The van der Waals surface area contributed by atoms with E-state index in [0.29, 0.717) is 6.42 Å². The molecule has 1 unspecified atom stereocenters. The fourth-order valence-electron chi connectivity index (χ4n) is 0.619. The molecule has 58 valence electrons. The number of carboxylic acids is 1. The van der Waals surface area contributed by atoms with Gasteiger partial charge in [-0.05, 0) is 13.3 Å². The van der Waals surface area contributed by atoms with Crippen LogP contribution in [0.15, 0.2) is 12.2 Å². The summed E-state index contributed by atoms with van der Waals surface area (Å²) in [6, 6.07) is -0.242. The predicted molar refractivity (Wildman–Crippen MR) is 39.7 cm³/mol. The molecule has 0 aromatic carbocycles. The third-order valence-electron chi connectivity index (χ3n) is 1.11. The maximum atomic E-state index is 10.1. The highest BCUT2D eigenvalue weighted by Crippen LogP contribution is 1.95. The Morgan fingerprint density at radius 1 is 1.80 bits per heavy atom. The molecule has 10 heavy (non-hydrogen) atoms. The minimum atomic E-state index is -0.836. The van der Waals surface area contributed by atoms with Gasteiger partial charge in [0.05, 0.1) is 6.42 Å². The molecule has 3 N–H and O–H groups in total. The van der Waals surface area contributed by atoms with Crippen LogP contribution in [0, 0.1) is 0 Å². The molecule has 0 aliphatic heterocycles. The summed E-state index contributed by atoms with van der Waals surface area (Å²) in [6.07, 6.45) is 4.42. The van der Waals surface area contributed by atoms with Crippen LogP contribution in [0.5, 0.6) is 0 Å². The minimum absolute atomic E-state index is 0.0460. The zero-order valence-electron chi connectivity index (χ0n) is 6.08. The highest BCUT2D eigenvalue weighted by atomic mass is 16.4. The van der Waals surface area contributed by atoms with Crippen molar-refractivity contribution >= 4 is 5.97 Å². The average molecular weight is 143 g/mol. The number of nitrogens with two attached hydrogens (primary N) is 1. The van der Waals surface area contributed by atoms with Gasteiger partial charge in [0.1, 0.15) is 0 Å². The van der Waals surface area contributed by atoms with Gasteiger partial charge in [0.2, 0.25) is 0 Å². The molecule has 0 heterocycles. The molecular weight excluding hydrogens is 130 g/mol. The topological polar surface area (TPSA) is 63.3 Å². The molecule has 0 bridgehead atoms. The van der Waals surface area contributed by atoms with E-state index in [1.165, 1.54) is 0 Å². The first kappa shape index (κ1) is 9.17. The molecule has 0 saturated carbocycles. The molecule has 0 fully saturated rings. The van der Waals surface area contributed by atoms with Crippen LogP contribution < -0.4 is 5.73 Å². The van der Waals surface area contributed by atoms with Gasteiger partial charge in [-0.1, -0.05) is 12.2 Å². The third-order valence-corrected chi connectivity index (χ3v) is 1.11. The molecule has 0 radical (unpaired) electrons. The van der Waals surface area contributed by atoms with E-state index in [4.69, 9.17) is 10.8 Å². The molecule has 0 aliphatic rings. The summed E-state index contributed by atoms with van der Waals surface area (Å²) in [5, 5.41) is 8.28. The van der Waals surface area contributed by atoms with Crippen LogP contribution in [0.2, 0.25) is 0 Å². The Balaban J connectivity index is 3.43. The third kappa shape index (κ3) is 5.31. The quantitative estimate of drug-likeness (QED) is 0.571. The van der Waals surface area contributed by atoms with Gasteiger partial charge >= 0.3 is 5.97 Å². The molecule has 0 amide bonds. The number of carboxylic acid groups (broad SMARTS) is 1. The molecule has 0 spiro atoms. The number of hydrogen-bond donors (Lipinski definition) is 2. The van der Waals surface area contributed by atoms with E-state index >= 15 is 0 Å². The number of hydrogen-bond acceptors (Lipinski definition) is 2. The summed E-state index contributed by atoms with van der Waals surface area (Å²) in [6.45, 7) is 1.88. The molecule has 0 aromatic heterocycles. The van der Waals surface area contributed by atoms with Gasteiger partial charge in [0.15, 0.2) is 0 Å². The molecule has 0 aromatic rings. The SMILES string of the molecule is CC=CCC(N)CC(=O)O. The molecule has 0 saturated heterocycles.